The van der Waals surface area contributed by atoms with E-state index < -0.39 is 0 Å². The lowest BCUT2D eigenvalue weighted by Gasteiger charge is -2.28. The van der Waals surface area contributed by atoms with Gasteiger partial charge in [0.25, 0.3) is 0 Å². The Morgan fingerprint density at radius 2 is 1.76 bits per heavy atom. The van der Waals surface area contributed by atoms with Crippen molar-refractivity contribution in [1.29, 1.82) is 0 Å². The van der Waals surface area contributed by atoms with E-state index in [0.717, 1.165) is 54.4 Å². The monoisotopic (exact) mass is 302 g/mol. The predicted octanol–water partition coefficient (Wildman–Crippen LogP) is 3.12. The summed E-state index contributed by atoms with van der Waals surface area (Å²) in [6.07, 6.45) is 0. The van der Waals surface area contributed by atoms with Crippen molar-refractivity contribution in [3.8, 4) is 16.9 Å². The molecule has 0 atom stereocenters. The number of hydrogen-bond donors (Lipinski definition) is 2. The molecule has 0 unspecified atom stereocenters. The van der Waals surface area contributed by atoms with Crippen LogP contribution in [-0.4, -0.2) is 36.2 Å². The molecular formula is C17H19ClN2O. The minimum absolute atomic E-state index is 0.362. The van der Waals surface area contributed by atoms with Crippen molar-refractivity contribution in [2.24, 2.45) is 0 Å². The van der Waals surface area contributed by atoms with E-state index in [9.17, 15) is 5.11 Å². The van der Waals surface area contributed by atoms with E-state index in [0.29, 0.717) is 5.75 Å². The molecule has 0 bridgehead atoms. The molecule has 0 aromatic heterocycles. The highest BCUT2D eigenvalue weighted by atomic mass is 35.5. The van der Waals surface area contributed by atoms with Gasteiger partial charge in [0, 0.05) is 43.3 Å². The van der Waals surface area contributed by atoms with E-state index in [-0.39, 0.29) is 0 Å². The van der Waals surface area contributed by atoms with Crippen molar-refractivity contribution in [3.05, 3.63) is 53.1 Å². The highest BCUT2D eigenvalue weighted by Gasteiger charge is 2.15. The van der Waals surface area contributed by atoms with Crippen molar-refractivity contribution in [2.75, 3.05) is 26.2 Å². The average molecular weight is 303 g/mol. The van der Waals surface area contributed by atoms with Crippen LogP contribution in [0.25, 0.3) is 11.1 Å². The van der Waals surface area contributed by atoms with Gasteiger partial charge in [-0.25, -0.2) is 0 Å². The number of piperazine rings is 1. The summed E-state index contributed by atoms with van der Waals surface area (Å²) in [4.78, 5) is 2.37. The molecule has 4 heteroatoms. The maximum Gasteiger partial charge on any atom is 0.120 e. The van der Waals surface area contributed by atoms with E-state index in [2.05, 4.69) is 16.3 Å². The maximum absolute atomic E-state index is 10.3. The van der Waals surface area contributed by atoms with Gasteiger partial charge in [0.2, 0.25) is 0 Å². The summed E-state index contributed by atoms with van der Waals surface area (Å²) in [5.74, 6) is 0.362. The Kier molecular flexibility index (Phi) is 4.44. The third-order valence-electron chi connectivity index (χ3n) is 3.90. The highest BCUT2D eigenvalue weighted by molar-refractivity contribution is 6.30. The van der Waals surface area contributed by atoms with E-state index in [1.807, 2.05) is 30.3 Å². The lowest BCUT2D eigenvalue weighted by Crippen LogP contribution is -2.42. The fourth-order valence-electron chi connectivity index (χ4n) is 2.73. The molecule has 1 aliphatic rings. The summed E-state index contributed by atoms with van der Waals surface area (Å²) in [7, 11) is 0. The summed E-state index contributed by atoms with van der Waals surface area (Å²) in [6, 6.07) is 13.5. The van der Waals surface area contributed by atoms with Crippen molar-refractivity contribution in [2.45, 2.75) is 6.54 Å². The van der Waals surface area contributed by atoms with Crippen LogP contribution in [0.4, 0.5) is 0 Å². The van der Waals surface area contributed by atoms with Gasteiger partial charge in [-0.15, -0.1) is 0 Å². The maximum atomic E-state index is 10.3. The summed E-state index contributed by atoms with van der Waals surface area (Å²) in [6.45, 7) is 4.79. The van der Waals surface area contributed by atoms with Crippen LogP contribution in [0, 0.1) is 0 Å². The van der Waals surface area contributed by atoms with Gasteiger partial charge in [0.1, 0.15) is 5.75 Å². The number of hydrogen-bond acceptors (Lipinski definition) is 3. The van der Waals surface area contributed by atoms with Crippen molar-refractivity contribution < 1.29 is 5.11 Å². The van der Waals surface area contributed by atoms with Gasteiger partial charge in [0.15, 0.2) is 0 Å². The largest absolute Gasteiger partial charge is 0.508 e. The molecule has 0 aliphatic carbocycles. The first-order valence-corrected chi connectivity index (χ1v) is 7.62. The molecule has 1 heterocycles. The SMILES string of the molecule is Oc1cccc(-c2ccc(Cl)cc2)c1CN1CCNCC1. The standard InChI is InChI=1S/C17H19ClN2O/c18-14-6-4-13(5-7-14)15-2-1-3-17(21)16(15)12-20-10-8-19-9-11-20/h1-7,19,21H,8-12H2. The number of phenolic OH excluding ortho intramolecular Hbond substituents is 1. The lowest BCUT2D eigenvalue weighted by molar-refractivity contribution is 0.231. The molecule has 3 nitrogen and oxygen atoms in total. The first kappa shape index (κ1) is 14.4. The van der Waals surface area contributed by atoms with Gasteiger partial charge in [-0.05, 0) is 29.3 Å². The molecule has 0 amide bonds. The van der Waals surface area contributed by atoms with Crippen molar-refractivity contribution >= 4 is 11.6 Å². The number of nitrogens with one attached hydrogen (secondary N) is 1. The smallest absolute Gasteiger partial charge is 0.120 e. The zero-order valence-corrected chi connectivity index (χ0v) is 12.6. The third kappa shape index (κ3) is 3.38. The van der Waals surface area contributed by atoms with Crippen LogP contribution in [-0.2, 0) is 6.54 Å². The third-order valence-corrected chi connectivity index (χ3v) is 4.15. The molecule has 110 valence electrons. The second kappa shape index (κ2) is 6.48. The Bertz CT molecular complexity index is 607. The van der Waals surface area contributed by atoms with Crippen LogP contribution >= 0.6 is 11.6 Å². The summed E-state index contributed by atoms with van der Waals surface area (Å²) in [5.41, 5.74) is 3.15. The molecule has 1 aliphatic heterocycles. The second-order valence-corrected chi connectivity index (χ2v) is 5.77. The first-order chi connectivity index (χ1) is 10.2. The molecule has 3 rings (SSSR count). The molecule has 21 heavy (non-hydrogen) atoms. The summed E-state index contributed by atoms with van der Waals surface area (Å²) in [5, 5.41) is 14.3. The van der Waals surface area contributed by atoms with Gasteiger partial charge >= 0.3 is 0 Å². The molecule has 1 fully saturated rings. The Morgan fingerprint density at radius 1 is 1.05 bits per heavy atom. The van der Waals surface area contributed by atoms with Gasteiger partial charge < -0.3 is 10.4 Å². The number of aromatic hydroxyl groups is 1. The van der Waals surface area contributed by atoms with Gasteiger partial charge in [0.05, 0.1) is 0 Å². The fraction of sp³-hybridized carbons (Fsp3) is 0.294. The predicted molar refractivity (Wildman–Crippen MR) is 86.7 cm³/mol. The summed E-state index contributed by atoms with van der Waals surface area (Å²) >= 11 is 5.96. The minimum atomic E-state index is 0.362. The molecule has 2 aromatic carbocycles. The molecule has 1 saturated heterocycles. The Hall–Kier alpha value is -1.55. The van der Waals surface area contributed by atoms with E-state index in [1.165, 1.54) is 0 Å². The molecule has 0 saturated carbocycles. The van der Waals surface area contributed by atoms with Gasteiger partial charge in [-0.3, -0.25) is 4.90 Å². The van der Waals surface area contributed by atoms with Crippen LogP contribution in [0.3, 0.4) is 0 Å². The van der Waals surface area contributed by atoms with Crippen LogP contribution in [0.1, 0.15) is 5.56 Å². The molecule has 0 radical (unpaired) electrons. The van der Waals surface area contributed by atoms with Crippen molar-refractivity contribution in [1.82, 2.24) is 10.2 Å². The van der Waals surface area contributed by atoms with Gasteiger partial charge in [-0.2, -0.15) is 0 Å². The highest BCUT2D eigenvalue weighted by Crippen LogP contribution is 2.31. The minimum Gasteiger partial charge on any atom is -0.508 e. The second-order valence-electron chi connectivity index (χ2n) is 5.34. The normalized spacial score (nSPS) is 16.0. The topological polar surface area (TPSA) is 35.5 Å². The summed E-state index contributed by atoms with van der Waals surface area (Å²) < 4.78 is 0. The molecule has 2 aromatic rings. The number of phenols is 1. The number of halogens is 1. The zero-order valence-electron chi connectivity index (χ0n) is 11.8. The van der Waals surface area contributed by atoms with Crippen LogP contribution in [0.15, 0.2) is 42.5 Å². The van der Waals surface area contributed by atoms with E-state index >= 15 is 0 Å². The lowest BCUT2D eigenvalue weighted by atomic mass is 9.98. The van der Waals surface area contributed by atoms with Crippen LogP contribution in [0.2, 0.25) is 5.02 Å². The van der Waals surface area contributed by atoms with Crippen LogP contribution < -0.4 is 5.32 Å². The number of rotatable bonds is 3. The molecular weight excluding hydrogens is 284 g/mol. The number of nitrogens with zero attached hydrogens (tertiary/aromatic N) is 1. The molecule has 2 N–H and O–H groups in total. The first-order valence-electron chi connectivity index (χ1n) is 7.24. The molecule has 0 spiro atoms. The zero-order chi connectivity index (χ0) is 14.7. The number of benzene rings is 2. The van der Waals surface area contributed by atoms with Crippen molar-refractivity contribution in [3.63, 3.8) is 0 Å². The Balaban J connectivity index is 1.93. The van der Waals surface area contributed by atoms with E-state index in [1.54, 1.807) is 6.07 Å². The Morgan fingerprint density at radius 3 is 2.48 bits per heavy atom. The fourth-order valence-corrected chi connectivity index (χ4v) is 2.86. The quantitative estimate of drug-likeness (QED) is 0.914. The van der Waals surface area contributed by atoms with Crippen LogP contribution in [0.5, 0.6) is 5.75 Å². The average Bonchev–Trinajstić information content (AvgIpc) is 2.51. The Labute approximate surface area is 130 Å². The van der Waals surface area contributed by atoms with Gasteiger partial charge in [-0.1, -0.05) is 35.9 Å². The van der Waals surface area contributed by atoms with E-state index in [4.69, 9.17) is 11.6 Å².